The zero-order valence-electron chi connectivity index (χ0n) is 4.31. The third kappa shape index (κ3) is 0.519. The third-order valence-corrected chi connectivity index (χ3v) is 4.40. The second-order valence-electron chi connectivity index (χ2n) is 2.04. The Labute approximate surface area is 51.7 Å². The van der Waals surface area contributed by atoms with Gasteiger partial charge < -0.3 is 4.18 Å². The molecule has 2 saturated heterocycles. The molecule has 0 aromatic carbocycles. The minimum absolute atomic E-state index is 0.126. The van der Waals surface area contributed by atoms with Crippen molar-refractivity contribution in [3.8, 4) is 0 Å². The molecule has 2 aliphatic rings. The van der Waals surface area contributed by atoms with E-state index in [9.17, 15) is 13.2 Å². The molecule has 2 fully saturated rings. The molecule has 0 saturated carbocycles. The first kappa shape index (κ1) is 5.85. The lowest BCUT2D eigenvalue weighted by molar-refractivity contribution is -0.0388. The van der Waals surface area contributed by atoms with E-state index in [1.165, 1.54) is 0 Å². The topological polar surface area (TPSA) is 12.5 Å². The van der Waals surface area contributed by atoms with Crippen LogP contribution in [0.1, 0.15) is 0 Å². The summed E-state index contributed by atoms with van der Waals surface area (Å²) in [5.74, 6) is 0.126. The van der Waals surface area contributed by atoms with E-state index in [-0.39, 0.29) is 5.75 Å². The Morgan fingerprint density at radius 2 is 2.22 bits per heavy atom. The minimum Gasteiger partial charge on any atom is -0.311 e. The van der Waals surface area contributed by atoms with Gasteiger partial charge in [0.05, 0.1) is 0 Å². The van der Waals surface area contributed by atoms with Gasteiger partial charge in [0, 0.05) is 12.2 Å². The highest BCUT2D eigenvalue weighted by Gasteiger charge is 2.74. The fourth-order valence-electron chi connectivity index (χ4n) is 0.855. The van der Waals surface area contributed by atoms with Gasteiger partial charge in [-0.15, -0.1) is 0 Å². The summed E-state index contributed by atoms with van der Waals surface area (Å²) in [4.78, 5) is 0. The van der Waals surface area contributed by atoms with E-state index in [4.69, 9.17) is 0 Å². The summed E-state index contributed by atoms with van der Waals surface area (Å²) in [7, 11) is -2.54. The Bertz CT molecular complexity index is 152. The molecule has 0 amide bonds. The highest BCUT2D eigenvalue weighted by molar-refractivity contribution is 8.37. The molecule has 9 heavy (non-hydrogen) atoms. The van der Waals surface area contributed by atoms with E-state index in [1.54, 1.807) is 6.42 Å². The van der Waals surface area contributed by atoms with Crippen LogP contribution in [-0.2, 0) is 4.18 Å². The molecule has 0 N–H and O–H groups in total. The second-order valence-corrected chi connectivity index (χ2v) is 4.94. The molecule has 1 nitrogen and oxygen atoms in total. The van der Waals surface area contributed by atoms with Crippen LogP contribution < -0.4 is 0 Å². The highest BCUT2D eigenvalue weighted by atomic mass is 32.3. The first-order valence-electron chi connectivity index (χ1n) is 2.44. The molecular formula is C4H4F3OS. The van der Waals surface area contributed by atoms with E-state index in [0.29, 0.717) is 0 Å². The number of alkyl halides is 3. The molecular weight excluding hydrogens is 153 g/mol. The van der Waals surface area contributed by atoms with Crippen molar-refractivity contribution in [2.24, 2.45) is 0 Å². The Balaban J connectivity index is 2.15. The van der Waals surface area contributed by atoms with Crippen LogP contribution in [0.25, 0.3) is 0 Å². The second kappa shape index (κ2) is 1.25. The molecule has 53 valence electrons. The standard InChI is InChI=1S/C4H4F3OS/c5-4(6,7)9-2-1-3(9)8-9/h1,3H,2H2. The molecule has 0 aromatic heterocycles. The van der Waals surface area contributed by atoms with Gasteiger partial charge in [0.15, 0.2) is 0 Å². The molecule has 2 aliphatic heterocycles. The van der Waals surface area contributed by atoms with Crippen LogP contribution in [0, 0.1) is 6.42 Å². The summed E-state index contributed by atoms with van der Waals surface area (Å²) in [6.07, 6.45) is 1.57. The normalized spacial score (nSPS) is 54.8. The van der Waals surface area contributed by atoms with E-state index in [1.807, 2.05) is 0 Å². The quantitative estimate of drug-likeness (QED) is 0.488. The van der Waals surface area contributed by atoms with Gasteiger partial charge >= 0.3 is 5.51 Å². The van der Waals surface area contributed by atoms with E-state index in [2.05, 4.69) is 4.18 Å². The van der Waals surface area contributed by atoms with Gasteiger partial charge in [0.2, 0.25) is 0 Å². The summed E-state index contributed by atoms with van der Waals surface area (Å²) in [5, 5.41) is 0. The van der Waals surface area contributed by atoms with Crippen LogP contribution >= 0.6 is 10.3 Å². The minimum atomic E-state index is -4.06. The Morgan fingerprint density at radius 1 is 1.56 bits per heavy atom. The SMILES string of the molecule is FC(F)(F)S12C[CH]C1O2. The maximum Gasteiger partial charge on any atom is 0.449 e. The van der Waals surface area contributed by atoms with Crippen molar-refractivity contribution in [2.75, 3.05) is 5.75 Å². The van der Waals surface area contributed by atoms with Crippen LogP contribution in [0.4, 0.5) is 13.2 Å². The van der Waals surface area contributed by atoms with Crippen molar-refractivity contribution >= 4 is 10.3 Å². The maximum atomic E-state index is 11.8. The average molecular weight is 157 g/mol. The van der Waals surface area contributed by atoms with Crippen molar-refractivity contribution in [2.45, 2.75) is 10.9 Å². The lowest BCUT2D eigenvalue weighted by Crippen LogP contribution is -2.22. The lowest BCUT2D eigenvalue weighted by Gasteiger charge is -2.25. The number of hydrogen-bond acceptors (Lipinski definition) is 1. The number of halogens is 3. The Morgan fingerprint density at radius 3 is 2.22 bits per heavy atom. The molecule has 2 heterocycles. The number of rotatable bonds is 0. The van der Waals surface area contributed by atoms with E-state index >= 15 is 0 Å². The third-order valence-electron chi connectivity index (χ3n) is 1.53. The molecule has 0 spiro atoms. The molecule has 1 radical (unpaired) electrons. The van der Waals surface area contributed by atoms with Crippen molar-refractivity contribution in [1.29, 1.82) is 0 Å². The highest BCUT2D eigenvalue weighted by Crippen LogP contribution is 2.86. The van der Waals surface area contributed by atoms with Gasteiger partial charge in [-0.2, -0.15) is 13.2 Å². The predicted molar refractivity (Wildman–Crippen MR) is 27.7 cm³/mol. The Hall–Kier alpha value is 0.1000. The fraction of sp³-hybridized carbons (Fsp3) is 0.750. The van der Waals surface area contributed by atoms with Crippen LogP contribution in [0.15, 0.2) is 0 Å². The first-order chi connectivity index (χ1) is 4.06. The average Bonchev–Trinajstić information content (AvgIpc) is 2.06. The summed E-state index contributed by atoms with van der Waals surface area (Å²) in [5.41, 5.74) is -4.59. The molecule has 2 rings (SSSR count). The van der Waals surface area contributed by atoms with Crippen molar-refractivity contribution < 1.29 is 17.4 Å². The summed E-state index contributed by atoms with van der Waals surface area (Å²) in [6.45, 7) is 0. The molecule has 0 bridgehead atoms. The fourth-order valence-corrected chi connectivity index (χ4v) is 2.85. The van der Waals surface area contributed by atoms with Crippen LogP contribution in [0.5, 0.6) is 0 Å². The van der Waals surface area contributed by atoms with E-state index < -0.39 is 21.3 Å². The molecule has 0 aromatic rings. The predicted octanol–water partition coefficient (Wildman–Crippen LogP) is 1.80. The lowest BCUT2D eigenvalue weighted by atomic mass is 10.5. The largest absolute Gasteiger partial charge is 0.449 e. The van der Waals surface area contributed by atoms with Gasteiger partial charge in [-0.1, -0.05) is 0 Å². The van der Waals surface area contributed by atoms with Gasteiger partial charge in [-0.3, -0.25) is 0 Å². The smallest absolute Gasteiger partial charge is 0.311 e. The van der Waals surface area contributed by atoms with Gasteiger partial charge in [-0.25, -0.2) is 0 Å². The number of hydrogen-bond donors (Lipinski definition) is 0. The van der Waals surface area contributed by atoms with Gasteiger partial charge in [0.25, 0.3) is 0 Å². The summed E-state index contributed by atoms with van der Waals surface area (Å²) in [6, 6.07) is 0. The van der Waals surface area contributed by atoms with E-state index in [0.717, 1.165) is 0 Å². The summed E-state index contributed by atoms with van der Waals surface area (Å²) >= 11 is 0. The van der Waals surface area contributed by atoms with Crippen LogP contribution in [0.2, 0.25) is 0 Å². The molecule has 5 heteroatoms. The van der Waals surface area contributed by atoms with Gasteiger partial charge in [0.1, 0.15) is 5.44 Å². The Kier molecular flexibility index (Phi) is 0.811. The zero-order chi connectivity index (χ0) is 6.70. The van der Waals surface area contributed by atoms with Crippen molar-refractivity contribution in [1.82, 2.24) is 0 Å². The first-order valence-corrected chi connectivity index (χ1v) is 4.23. The number of fused-ring (bicyclic) bond motifs is 1. The summed E-state index contributed by atoms with van der Waals surface area (Å²) < 4.78 is 39.9. The zero-order valence-corrected chi connectivity index (χ0v) is 5.13. The van der Waals surface area contributed by atoms with Gasteiger partial charge in [-0.05, 0) is 10.3 Å². The molecule has 2 atom stereocenters. The maximum absolute atomic E-state index is 11.8. The van der Waals surface area contributed by atoms with Crippen LogP contribution in [0.3, 0.4) is 0 Å². The van der Waals surface area contributed by atoms with Crippen LogP contribution in [-0.4, -0.2) is 16.7 Å². The van der Waals surface area contributed by atoms with Crippen molar-refractivity contribution in [3.63, 3.8) is 0 Å². The molecule has 0 aliphatic carbocycles. The molecule has 2 unspecified atom stereocenters. The van der Waals surface area contributed by atoms with Crippen molar-refractivity contribution in [3.05, 3.63) is 6.42 Å². The monoisotopic (exact) mass is 157 g/mol.